The number of nitro benzene ring substituents is 1. The lowest BCUT2D eigenvalue weighted by Gasteiger charge is -2.35. The van der Waals surface area contributed by atoms with Crippen LogP contribution in [0.2, 0.25) is 0 Å². The van der Waals surface area contributed by atoms with E-state index in [0.29, 0.717) is 30.2 Å². The number of thioether (sulfide) groups is 1. The van der Waals surface area contributed by atoms with Gasteiger partial charge < -0.3 is 33.6 Å². The van der Waals surface area contributed by atoms with Gasteiger partial charge in [0.25, 0.3) is 5.69 Å². The third-order valence-electron chi connectivity index (χ3n) is 10.7. The van der Waals surface area contributed by atoms with Gasteiger partial charge in [-0.05, 0) is 91.6 Å². The molecule has 0 aromatic heterocycles. The van der Waals surface area contributed by atoms with Crippen molar-refractivity contribution in [2.45, 2.75) is 44.5 Å². The molecular weight excluding hydrogens is 821 g/mol. The fourth-order valence-corrected chi connectivity index (χ4v) is 8.65. The Kier molecular flexibility index (Phi) is 18.0. The molecule has 0 bridgehead atoms. The first-order valence-electron chi connectivity index (χ1n) is 21.1. The number of nitro groups is 1. The van der Waals surface area contributed by atoms with E-state index in [1.54, 1.807) is 55.1 Å². The summed E-state index contributed by atoms with van der Waals surface area (Å²) in [6.07, 6.45) is -1.56. The molecule has 0 aliphatic heterocycles. The highest BCUT2D eigenvalue weighted by Crippen LogP contribution is 2.49. The van der Waals surface area contributed by atoms with Crippen LogP contribution >= 0.6 is 11.8 Å². The first-order valence-corrected chi connectivity index (χ1v) is 22.0. The van der Waals surface area contributed by atoms with Crippen molar-refractivity contribution in [3.63, 3.8) is 0 Å². The van der Waals surface area contributed by atoms with Gasteiger partial charge in [0.2, 0.25) is 5.91 Å². The molecule has 5 aromatic carbocycles. The van der Waals surface area contributed by atoms with Gasteiger partial charge in [-0.1, -0.05) is 98.8 Å². The number of nitrogens with zero attached hydrogens (tertiary/aromatic N) is 4. The van der Waals surface area contributed by atoms with Crippen LogP contribution in [-0.4, -0.2) is 97.0 Å². The van der Waals surface area contributed by atoms with E-state index in [-0.39, 0.29) is 30.3 Å². The molecule has 1 unspecified atom stereocenters. The minimum Gasteiger partial charge on any atom is -0.497 e. The minimum atomic E-state index is -1.07. The molecule has 0 saturated carbocycles. The Bertz CT molecular complexity index is 2170. The number of hydrogen-bond acceptors (Lipinski definition) is 11. The number of ether oxygens (including phenoxy) is 4. The second-order valence-corrected chi connectivity index (χ2v) is 15.9. The van der Waals surface area contributed by atoms with Crippen LogP contribution in [0.25, 0.3) is 0 Å². The van der Waals surface area contributed by atoms with Crippen LogP contribution in [0.4, 0.5) is 15.3 Å². The Balaban J connectivity index is 1.33. The number of rotatable bonds is 22. The Morgan fingerprint density at radius 2 is 1.24 bits per heavy atom. The highest BCUT2D eigenvalue weighted by molar-refractivity contribution is 8.00. The van der Waals surface area contributed by atoms with Crippen LogP contribution in [0.15, 0.2) is 133 Å². The highest BCUT2D eigenvalue weighted by Gasteiger charge is 2.37. The largest absolute Gasteiger partial charge is 0.514 e. The van der Waals surface area contributed by atoms with Crippen molar-refractivity contribution in [1.82, 2.24) is 14.7 Å². The van der Waals surface area contributed by atoms with Crippen molar-refractivity contribution in [2.75, 3.05) is 59.2 Å². The molecule has 1 atom stereocenters. The average molecular weight is 877 g/mol. The van der Waals surface area contributed by atoms with E-state index >= 15 is 0 Å². The lowest BCUT2D eigenvalue weighted by molar-refractivity contribution is -0.384. The lowest BCUT2D eigenvalue weighted by atomic mass is 9.84. The van der Waals surface area contributed by atoms with Gasteiger partial charge in [0.05, 0.1) is 23.3 Å². The van der Waals surface area contributed by atoms with Crippen LogP contribution < -0.4 is 14.2 Å². The van der Waals surface area contributed by atoms with Gasteiger partial charge in [-0.3, -0.25) is 14.9 Å². The van der Waals surface area contributed by atoms with Crippen LogP contribution in [0, 0.1) is 10.1 Å². The molecule has 63 heavy (non-hydrogen) atoms. The number of hydrogen-bond donors (Lipinski definition) is 0. The van der Waals surface area contributed by atoms with Crippen LogP contribution in [0.3, 0.4) is 0 Å². The van der Waals surface area contributed by atoms with Gasteiger partial charge in [0.15, 0.2) is 0 Å². The first kappa shape index (κ1) is 47.7. The molecule has 2 amide bonds. The van der Waals surface area contributed by atoms with Gasteiger partial charge in [-0.15, -0.1) is 11.8 Å². The molecule has 0 aliphatic carbocycles. The van der Waals surface area contributed by atoms with E-state index in [1.165, 1.54) is 29.2 Å². The zero-order valence-electron chi connectivity index (χ0n) is 36.5. The Morgan fingerprint density at radius 3 is 1.78 bits per heavy atom. The summed E-state index contributed by atoms with van der Waals surface area (Å²) < 4.78 is 21.7. The van der Waals surface area contributed by atoms with E-state index in [4.69, 9.17) is 18.9 Å². The quantitative estimate of drug-likeness (QED) is 0.0216. The van der Waals surface area contributed by atoms with Crippen molar-refractivity contribution < 1.29 is 38.3 Å². The van der Waals surface area contributed by atoms with E-state index in [9.17, 15) is 24.5 Å². The van der Waals surface area contributed by atoms with Crippen LogP contribution in [0.5, 0.6) is 17.2 Å². The lowest BCUT2D eigenvalue weighted by Crippen LogP contribution is -2.36. The number of likely N-dealkylation sites (N-methyl/N-ethyl adjacent to an activating group) is 1. The van der Waals surface area contributed by atoms with Crippen molar-refractivity contribution in [3.8, 4) is 17.2 Å². The zero-order valence-corrected chi connectivity index (χ0v) is 37.3. The van der Waals surface area contributed by atoms with Crippen LogP contribution in [-0.2, 0) is 14.3 Å². The molecule has 0 N–H and O–H groups in total. The predicted octanol–water partition coefficient (Wildman–Crippen LogP) is 9.99. The highest BCUT2D eigenvalue weighted by atomic mass is 32.2. The van der Waals surface area contributed by atoms with E-state index in [1.807, 2.05) is 55.5 Å². The van der Waals surface area contributed by atoms with Gasteiger partial charge in [-0.2, -0.15) is 0 Å². The number of benzene rings is 5. The fraction of sp³-hybridized carbons (Fsp3) is 0.327. The normalized spacial score (nSPS) is 11.7. The molecule has 0 radical (unpaired) electrons. The molecule has 0 aliphatic rings. The average Bonchev–Trinajstić information content (AvgIpc) is 3.31. The summed E-state index contributed by atoms with van der Waals surface area (Å²) in [5, 5.41) is 11.1. The van der Waals surface area contributed by atoms with Gasteiger partial charge in [-0.25, -0.2) is 9.59 Å². The summed E-state index contributed by atoms with van der Waals surface area (Å²) in [5.74, 6) is 1.34. The summed E-state index contributed by atoms with van der Waals surface area (Å²) in [6.45, 7) is 9.89. The number of amides is 2. The standard InChI is InChI=1S/C49H56N4O9S/c1-6-51(7-2)33-15-34-52(8-3)47(55)60-43-26-20-37(21-27-43)45(62-48(56)61-44-30-24-41(25-31-44)53(57)58)36-50(4)46(54)32-35-63-49(38-16-11-9-12-17-38,39-18-13-10-14-19-39)40-22-28-42(59-5)29-23-40/h9-14,16-31,45H,6-8,15,32-36H2,1-5H3. The van der Waals surface area contributed by atoms with Gasteiger partial charge in [0, 0.05) is 44.4 Å². The number of non-ortho nitro benzene ring substituents is 1. The summed E-state index contributed by atoms with van der Waals surface area (Å²) in [4.78, 5) is 56.3. The number of methoxy groups -OCH3 is 1. The Labute approximate surface area is 374 Å². The maximum Gasteiger partial charge on any atom is 0.514 e. The fourth-order valence-electron chi connectivity index (χ4n) is 7.16. The second-order valence-electron chi connectivity index (χ2n) is 14.6. The van der Waals surface area contributed by atoms with E-state index in [0.717, 1.165) is 48.5 Å². The van der Waals surface area contributed by atoms with Gasteiger partial charge >= 0.3 is 12.2 Å². The Hall–Kier alpha value is -6.38. The molecule has 0 spiro atoms. The summed E-state index contributed by atoms with van der Waals surface area (Å²) >= 11 is 1.65. The third-order valence-corrected chi connectivity index (χ3v) is 12.3. The molecule has 332 valence electrons. The van der Waals surface area contributed by atoms with Crippen LogP contribution in [0.1, 0.15) is 62.0 Å². The number of carbonyl (C=O) groups excluding carboxylic acids is 3. The van der Waals surface area contributed by atoms with Crippen molar-refractivity contribution in [1.29, 1.82) is 0 Å². The molecule has 0 fully saturated rings. The Morgan fingerprint density at radius 1 is 0.698 bits per heavy atom. The van der Waals surface area contributed by atoms with E-state index < -0.39 is 28.0 Å². The van der Waals surface area contributed by atoms with Crippen molar-refractivity contribution >= 4 is 35.6 Å². The monoisotopic (exact) mass is 876 g/mol. The third kappa shape index (κ3) is 13.1. The topological polar surface area (TPSA) is 141 Å². The molecule has 5 rings (SSSR count). The summed E-state index contributed by atoms with van der Waals surface area (Å²) in [6, 6.07) is 39.9. The smallest absolute Gasteiger partial charge is 0.497 e. The molecule has 14 heteroatoms. The molecule has 13 nitrogen and oxygen atoms in total. The van der Waals surface area contributed by atoms with E-state index in [2.05, 4.69) is 55.1 Å². The summed E-state index contributed by atoms with van der Waals surface area (Å²) in [7, 11) is 3.28. The van der Waals surface area contributed by atoms with Crippen molar-refractivity contribution in [2.24, 2.45) is 0 Å². The molecule has 0 heterocycles. The zero-order chi connectivity index (χ0) is 45.2. The number of carbonyl (C=O) groups is 3. The molecular formula is C49H56N4O9S. The maximum absolute atomic E-state index is 14.0. The predicted molar refractivity (Wildman–Crippen MR) is 246 cm³/mol. The first-order chi connectivity index (χ1) is 30.5. The molecule has 0 saturated heterocycles. The second kappa shape index (κ2) is 23.7. The molecule has 5 aromatic rings. The van der Waals surface area contributed by atoms with Crippen molar-refractivity contribution in [3.05, 3.63) is 166 Å². The van der Waals surface area contributed by atoms with Gasteiger partial charge in [0.1, 0.15) is 23.4 Å². The maximum atomic E-state index is 14.0. The summed E-state index contributed by atoms with van der Waals surface area (Å²) in [5.41, 5.74) is 3.49. The minimum absolute atomic E-state index is 0.0326. The SMILES string of the molecule is CCN(CC)CCCN(CC)C(=O)Oc1ccc(C(CN(C)C(=O)CCSC(c2ccccc2)(c2ccccc2)c2ccc(OC)cc2)OC(=O)Oc2ccc([N+](=O)[O-])cc2)cc1.